The van der Waals surface area contributed by atoms with E-state index in [1.807, 2.05) is 0 Å². The van der Waals surface area contributed by atoms with Gasteiger partial charge in [-0.3, -0.25) is 9.59 Å². The van der Waals surface area contributed by atoms with Crippen molar-refractivity contribution in [1.29, 1.82) is 0 Å². The van der Waals surface area contributed by atoms with Crippen LogP contribution >= 0.6 is 0 Å². The molecule has 2 amide bonds. The number of amides is 2. The summed E-state index contributed by atoms with van der Waals surface area (Å²) in [6.07, 6.45) is 13.1. The zero-order valence-electron chi connectivity index (χ0n) is 17.5. The Morgan fingerprint density at radius 1 is 0.929 bits per heavy atom. The molecule has 1 aromatic rings. The first kappa shape index (κ1) is 22.4. The number of unbranched alkanes of at least 4 members (excludes halogenated alkanes) is 9. The van der Waals surface area contributed by atoms with Gasteiger partial charge in [-0.2, -0.15) is 0 Å². The van der Waals surface area contributed by atoms with Gasteiger partial charge in [0, 0.05) is 0 Å². The fraction of sp³-hybridized carbons (Fsp3) is 0.652. The molecule has 5 nitrogen and oxygen atoms in total. The summed E-state index contributed by atoms with van der Waals surface area (Å²) in [6.45, 7) is 3.04. The molecule has 0 spiro atoms. The first-order chi connectivity index (χ1) is 13.7. The second kappa shape index (κ2) is 12.6. The van der Waals surface area contributed by atoms with Crippen molar-refractivity contribution < 1.29 is 14.3 Å². The monoisotopic (exact) mass is 388 g/mol. The normalized spacial score (nSPS) is 16.8. The summed E-state index contributed by atoms with van der Waals surface area (Å²) < 4.78 is 5.13. The molecule has 0 saturated carbocycles. The minimum atomic E-state index is -0.395. The molecule has 1 aliphatic rings. The lowest BCUT2D eigenvalue weighted by molar-refractivity contribution is -0.121. The lowest BCUT2D eigenvalue weighted by Crippen LogP contribution is -2.39. The van der Waals surface area contributed by atoms with Gasteiger partial charge in [0.25, 0.3) is 5.91 Å². The number of anilines is 1. The molecule has 1 N–H and O–H groups in total. The number of ether oxygens (including phenoxy) is 1. The van der Waals surface area contributed by atoms with Crippen molar-refractivity contribution in [2.24, 2.45) is 0 Å². The van der Waals surface area contributed by atoms with Crippen molar-refractivity contribution in [1.82, 2.24) is 5.32 Å². The van der Waals surface area contributed by atoms with E-state index in [1.165, 1.54) is 62.7 Å². The Kier molecular flexibility index (Phi) is 10.0. The van der Waals surface area contributed by atoms with Gasteiger partial charge in [0.2, 0.25) is 5.91 Å². The van der Waals surface area contributed by atoms with Crippen LogP contribution in [-0.2, 0) is 9.59 Å². The molecule has 1 aliphatic heterocycles. The van der Waals surface area contributed by atoms with Gasteiger partial charge in [-0.25, -0.2) is 4.90 Å². The molecule has 0 bridgehead atoms. The van der Waals surface area contributed by atoms with Crippen LogP contribution in [0.3, 0.4) is 0 Å². The van der Waals surface area contributed by atoms with E-state index in [2.05, 4.69) is 12.2 Å². The number of rotatable bonds is 14. The summed E-state index contributed by atoms with van der Waals surface area (Å²) in [5, 5.41) is 3.27. The average Bonchev–Trinajstić information content (AvgIpc) is 2.99. The Morgan fingerprint density at radius 2 is 1.50 bits per heavy atom. The largest absolute Gasteiger partial charge is 0.497 e. The van der Waals surface area contributed by atoms with Gasteiger partial charge in [0.15, 0.2) is 0 Å². The lowest BCUT2D eigenvalue weighted by Gasteiger charge is -2.16. The van der Waals surface area contributed by atoms with Crippen LogP contribution in [0.1, 0.15) is 77.6 Å². The van der Waals surface area contributed by atoms with Crippen molar-refractivity contribution in [2.45, 2.75) is 83.6 Å². The van der Waals surface area contributed by atoms with E-state index in [9.17, 15) is 9.59 Å². The quantitative estimate of drug-likeness (QED) is 0.366. The van der Waals surface area contributed by atoms with E-state index in [4.69, 9.17) is 4.74 Å². The number of methoxy groups -OCH3 is 1. The highest BCUT2D eigenvalue weighted by molar-refractivity contribution is 6.22. The predicted octanol–water partition coefficient (Wildman–Crippen LogP) is 4.84. The number of hydrogen-bond acceptors (Lipinski definition) is 4. The summed E-state index contributed by atoms with van der Waals surface area (Å²) in [5.74, 6) is 0.413. The molecule has 1 fully saturated rings. The zero-order valence-corrected chi connectivity index (χ0v) is 17.5. The standard InChI is InChI=1S/C23H36N2O3/c1-3-4-5-6-7-8-9-10-11-12-17-24-21-18-22(26)25(23(21)27)19-13-15-20(28-2)16-14-19/h13-16,21,24H,3-12,17-18H2,1-2H3. The highest BCUT2D eigenvalue weighted by Gasteiger charge is 2.39. The van der Waals surface area contributed by atoms with Crippen LogP contribution in [0.25, 0.3) is 0 Å². The number of benzene rings is 1. The smallest absolute Gasteiger partial charge is 0.251 e. The second-order valence-electron chi connectivity index (χ2n) is 7.66. The van der Waals surface area contributed by atoms with E-state index in [1.54, 1.807) is 31.4 Å². The average molecular weight is 389 g/mol. The maximum absolute atomic E-state index is 12.6. The molecule has 1 aromatic carbocycles. The second-order valence-corrected chi connectivity index (χ2v) is 7.66. The number of imide groups is 1. The van der Waals surface area contributed by atoms with Crippen molar-refractivity contribution >= 4 is 17.5 Å². The molecule has 2 rings (SSSR count). The van der Waals surface area contributed by atoms with Crippen molar-refractivity contribution in [3.63, 3.8) is 0 Å². The van der Waals surface area contributed by atoms with Gasteiger partial charge in [0.1, 0.15) is 5.75 Å². The fourth-order valence-corrected chi connectivity index (χ4v) is 3.68. The molecule has 0 radical (unpaired) electrons. The molecule has 1 saturated heterocycles. The van der Waals surface area contributed by atoms with Gasteiger partial charge < -0.3 is 10.1 Å². The Morgan fingerprint density at radius 3 is 2.07 bits per heavy atom. The molecule has 0 aliphatic carbocycles. The number of nitrogens with one attached hydrogen (secondary N) is 1. The number of hydrogen-bond donors (Lipinski definition) is 1. The fourth-order valence-electron chi connectivity index (χ4n) is 3.68. The van der Waals surface area contributed by atoms with Crippen LogP contribution < -0.4 is 15.0 Å². The highest BCUT2D eigenvalue weighted by Crippen LogP contribution is 2.25. The predicted molar refractivity (Wildman–Crippen MR) is 114 cm³/mol. The Bertz CT molecular complexity index is 600. The van der Waals surface area contributed by atoms with Gasteiger partial charge in [0.05, 0.1) is 25.3 Å². The maximum Gasteiger partial charge on any atom is 0.251 e. The zero-order chi connectivity index (χ0) is 20.2. The lowest BCUT2D eigenvalue weighted by atomic mass is 10.1. The van der Waals surface area contributed by atoms with Crippen LogP contribution in [0.5, 0.6) is 5.75 Å². The minimum absolute atomic E-state index is 0.143. The van der Waals surface area contributed by atoms with E-state index in [0.29, 0.717) is 11.4 Å². The molecule has 5 heteroatoms. The number of carbonyl (C=O) groups is 2. The molecule has 1 heterocycles. The highest BCUT2D eigenvalue weighted by atomic mass is 16.5. The topological polar surface area (TPSA) is 58.6 Å². The van der Waals surface area contributed by atoms with Crippen molar-refractivity contribution in [3.05, 3.63) is 24.3 Å². The van der Waals surface area contributed by atoms with E-state index in [-0.39, 0.29) is 18.2 Å². The molecule has 28 heavy (non-hydrogen) atoms. The number of nitrogens with zero attached hydrogens (tertiary/aromatic N) is 1. The SMILES string of the molecule is CCCCCCCCCCCCNC1CC(=O)N(c2ccc(OC)cc2)C1=O. The van der Waals surface area contributed by atoms with Crippen molar-refractivity contribution in [2.75, 3.05) is 18.6 Å². The number of carbonyl (C=O) groups excluding carboxylic acids is 2. The Hall–Kier alpha value is -1.88. The minimum Gasteiger partial charge on any atom is -0.497 e. The Labute approximate surface area is 169 Å². The first-order valence-corrected chi connectivity index (χ1v) is 10.9. The first-order valence-electron chi connectivity index (χ1n) is 10.9. The Balaban J connectivity index is 1.60. The molecule has 1 atom stereocenters. The molecule has 156 valence electrons. The third-order valence-corrected chi connectivity index (χ3v) is 5.40. The summed E-state index contributed by atoms with van der Waals surface area (Å²) in [5.41, 5.74) is 0.610. The molecular formula is C23H36N2O3. The summed E-state index contributed by atoms with van der Waals surface area (Å²) in [4.78, 5) is 26.2. The van der Waals surface area contributed by atoms with E-state index in [0.717, 1.165) is 13.0 Å². The van der Waals surface area contributed by atoms with Crippen molar-refractivity contribution in [3.8, 4) is 5.75 Å². The summed E-state index contributed by atoms with van der Waals surface area (Å²) >= 11 is 0. The van der Waals surface area contributed by atoms with Gasteiger partial charge in [-0.05, 0) is 37.2 Å². The van der Waals surface area contributed by atoms with E-state index >= 15 is 0 Å². The summed E-state index contributed by atoms with van der Waals surface area (Å²) in [7, 11) is 1.59. The van der Waals surface area contributed by atoms with Gasteiger partial charge in [-0.15, -0.1) is 0 Å². The molecular weight excluding hydrogens is 352 g/mol. The van der Waals surface area contributed by atoms with Gasteiger partial charge >= 0.3 is 0 Å². The van der Waals surface area contributed by atoms with Crippen LogP contribution in [0, 0.1) is 0 Å². The van der Waals surface area contributed by atoms with Crippen LogP contribution in [-0.4, -0.2) is 31.5 Å². The maximum atomic E-state index is 12.6. The van der Waals surface area contributed by atoms with Crippen LogP contribution in [0.2, 0.25) is 0 Å². The molecule has 0 aromatic heterocycles. The van der Waals surface area contributed by atoms with Gasteiger partial charge in [-0.1, -0.05) is 64.7 Å². The van der Waals surface area contributed by atoms with E-state index < -0.39 is 6.04 Å². The molecule has 1 unspecified atom stereocenters. The van der Waals surface area contributed by atoms with Crippen LogP contribution in [0.4, 0.5) is 5.69 Å². The summed E-state index contributed by atoms with van der Waals surface area (Å²) in [6, 6.07) is 6.63. The third kappa shape index (κ3) is 6.93. The third-order valence-electron chi connectivity index (χ3n) is 5.40. The van der Waals surface area contributed by atoms with Crippen LogP contribution in [0.15, 0.2) is 24.3 Å².